The van der Waals surface area contributed by atoms with Crippen molar-refractivity contribution in [3.63, 3.8) is 0 Å². The molecule has 1 aromatic heterocycles. The Hall–Kier alpha value is -1.82. The maximum Gasteiger partial charge on any atom is 0.248 e. The number of nitrogens with one attached hydrogen (secondary N) is 1. The van der Waals surface area contributed by atoms with E-state index in [4.69, 9.17) is 4.99 Å². The minimum absolute atomic E-state index is 0.0482. The predicted octanol–water partition coefficient (Wildman–Crippen LogP) is 3.20. The molecule has 0 saturated heterocycles. The average molecular weight is 344 g/mol. The molecule has 6 heteroatoms. The number of aryl methyl sites for hydroxylation is 1. The number of likely N-dealkylation sites (N-methyl/N-ethyl adjacent to an activating group) is 1. The van der Waals surface area contributed by atoms with Gasteiger partial charge in [0.1, 0.15) is 5.03 Å². The summed E-state index contributed by atoms with van der Waals surface area (Å²) >= 11 is 1.57. The van der Waals surface area contributed by atoms with Gasteiger partial charge in [0.2, 0.25) is 5.91 Å². The van der Waals surface area contributed by atoms with Crippen LogP contribution in [0.4, 0.5) is 0 Å². The number of carbonyl (C=O) groups excluding carboxylic acids is 1. The maximum atomic E-state index is 12.1. The van der Waals surface area contributed by atoms with Gasteiger partial charge in [0.05, 0.1) is 11.7 Å². The Balaban J connectivity index is 1.93. The van der Waals surface area contributed by atoms with E-state index >= 15 is 0 Å². The highest BCUT2D eigenvalue weighted by Crippen LogP contribution is 2.33. The quantitative estimate of drug-likeness (QED) is 0.837. The van der Waals surface area contributed by atoms with Gasteiger partial charge in [-0.15, -0.1) is 0 Å². The first-order valence-corrected chi connectivity index (χ1v) is 9.28. The molecule has 1 fully saturated rings. The number of amides is 1. The lowest BCUT2D eigenvalue weighted by molar-refractivity contribution is -0.123. The van der Waals surface area contributed by atoms with Gasteiger partial charge in [-0.2, -0.15) is 0 Å². The Morgan fingerprint density at radius 1 is 1.33 bits per heavy atom. The van der Waals surface area contributed by atoms with Gasteiger partial charge in [-0.05, 0) is 43.7 Å². The number of nitrogens with zero attached hydrogens (tertiary/aromatic N) is 3. The number of hydrogen-bond acceptors (Lipinski definition) is 4. The van der Waals surface area contributed by atoms with E-state index in [-0.39, 0.29) is 5.91 Å². The summed E-state index contributed by atoms with van der Waals surface area (Å²) in [5.41, 5.74) is 2.71. The number of fused-ring (bicyclic) bond motifs is 1. The molecule has 0 radical (unpaired) electrons. The van der Waals surface area contributed by atoms with Gasteiger partial charge in [-0.3, -0.25) is 9.79 Å². The molecule has 0 unspecified atom stereocenters. The molecule has 1 amide bonds. The molecule has 24 heavy (non-hydrogen) atoms. The molecule has 128 valence electrons. The summed E-state index contributed by atoms with van der Waals surface area (Å²) in [5, 5.41) is 5.12. The van der Waals surface area contributed by atoms with Crippen LogP contribution in [0.15, 0.2) is 28.2 Å². The van der Waals surface area contributed by atoms with Gasteiger partial charge in [0, 0.05) is 31.4 Å². The Morgan fingerprint density at radius 3 is 2.79 bits per heavy atom. The first kappa shape index (κ1) is 17.0. The van der Waals surface area contributed by atoms with E-state index in [1.54, 1.807) is 36.8 Å². The molecule has 0 atom stereocenters. The normalized spacial score (nSPS) is 21.5. The van der Waals surface area contributed by atoms with Gasteiger partial charge in [0.25, 0.3) is 0 Å². The van der Waals surface area contributed by atoms with E-state index in [1.807, 2.05) is 19.1 Å². The summed E-state index contributed by atoms with van der Waals surface area (Å²) in [7, 11) is 3.50. The fourth-order valence-corrected chi connectivity index (χ4v) is 3.94. The van der Waals surface area contributed by atoms with E-state index in [0.29, 0.717) is 6.04 Å². The second kappa shape index (κ2) is 7.38. The highest BCUT2D eigenvalue weighted by Gasteiger charge is 2.23. The molecule has 1 N–H and O–H groups in total. The molecule has 1 aliphatic carbocycles. The van der Waals surface area contributed by atoms with Crippen molar-refractivity contribution in [2.24, 2.45) is 4.99 Å². The van der Waals surface area contributed by atoms with Crippen LogP contribution in [0.1, 0.15) is 43.4 Å². The first-order valence-electron chi connectivity index (χ1n) is 8.46. The number of amidine groups is 1. The highest BCUT2D eigenvalue weighted by atomic mass is 32.2. The Morgan fingerprint density at radius 2 is 2.08 bits per heavy atom. The summed E-state index contributed by atoms with van der Waals surface area (Å²) in [5.74, 6) is -0.0482. The van der Waals surface area contributed by atoms with Gasteiger partial charge in [0.15, 0.2) is 5.17 Å². The number of aliphatic imine (C=N–C) groups is 1. The van der Waals surface area contributed by atoms with Gasteiger partial charge in [-0.25, -0.2) is 4.98 Å². The lowest BCUT2D eigenvalue weighted by atomic mass is 9.96. The Bertz CT molecular complexity index is 690. The van der Waals surface area contributed by atoms with E-state index in [2.05, 4.69) is 10.3 Å². The van der Waals surface area contributed by atoms with Crippen LogP contribution < -0.4 is 5.32 Å². The van der Waals surface area contributed by atoms with Crippen LogP contribution >= 0.6 is 11.8 Å². The molecule has 2 aliphatic rings. The molecule has 1 saturated carbocycles. The zero-order chi connectivity index (χ0) is 17.1. The van der Waals surface area contributed by atoms with Crippen LogP contribution in [-0.2, 0) is 4.79 Å². The zero-order valence-corrected chi connectivity index (χ0v) is 15.3. The van der Waals surface area contributed by atoms with Crippen molar-refractivity contribution < 1.29 is 4.79 Å². The fraction of sp³-hybridized carbons (Fsp3) is 0.500. The molecular formula is C18H24N4OS. The lowest BCUT2D eigenvalue weighted by Gasteiger charge is -2.24. The number of hydrogen-bond donors (Lipinski definition) is 1. The van der Waals surface area contributed by atoms with Crippen LogP contribution in [0.5, 0.6) is 0 Å². The highest BCUT2D eigenvalue weighted by molar-refractivity contribution is 8.14. The smallest absolute Gasteiger partial charge is 0.248 e. The van der Waals surface area contributed by atoms with E-state index in [0.717, 1.165) is 40.0 Å². The van der Waals surface area contributed by atoms with Crippen LogP contribution in [-0.4, -0.2) is 41.1 Å². The summed E-state index contributed by atoms with van der Waals surface area (Å²) in [4.78, 5) is 23.2. The third-order valence-corrected chi connectivity index (χ3v) is 5.21. The zero-order valence-electron chi connectivity index (χ0n) is 14.5. The Labute approximate surface area is 147 Å². The van der Waals surface area contributed by atoms with Gasteiger partial charge < -0.3 is 10.2 Å². The summed E-state index contributed by atoms with van der Waals surface area (Å²) in [6, 6.07) is 4.37. The van der Waals surface area contributed by atoms with E-state index in [1.165, 1.54) is 19.3 Å². The first-order chi connectivity index (χ1) is 11.5. The lowest BCUT2D eigenvalue weighted by Crippen LogP contribution is -2.28. The third kappa shape index (κ3) is 3.98. The van der Waals surface area contributed by atoms with Crippen molar-refractivity contribution in [1.82, 2.24) is 15.2 Å². The van der Waals surface area contributed by atoms with E-state index < -0.39 is 0 Å². The monoisotopic (exact) mass is 344 g/mol. The number of thioether (sulfide) groups is 1. The van der Waals surface area contributed by atoms with Crippen LogP contribution in [0.25, 0.3) is 5.70 Å². The van der Waals surface area contributed by atoms with Crippen molar-refractivity contribution in [3.8, 4) is 0 Å². The largest absolute Gasteiger partial charge is 0.345 e. The molecule has 5 nitrogen and oxygen atoms in total. The van der Waals surface area contributed by atoms with Crippen molar-refractivity contribution >= 4 is 28.5 Å². The topological polar surface area (TPSA) is 57.6 Å². The minimum atomic E-state index is -0.0482. The summed E-state index contributed by atoms with van der Waals surface area (Å²) in [6.45, 7) is 1.98. The van der Waals surface area contributed by atoms with Crippen LogP contribution in [0.2, 0.25) is 0 Å². The number of rotatable bonds is 2. The molecule has 1 aromatic rings. The number of carbonyl (C=O) groups is 1. The van der Waals surface area contributed by atoms with Crippen LogP contribution in [0, 0.1) is 6.92 Å². The van der Waals surface area contributed by atoms with Gasteiger partial charge in [-0.1, -0.05) is 19.3 Å². The predicted molar refractivity (Wildman–Crippen MR) is 98.9 cm³/mol. The SMILES string of the molecule is Cc1ccc2c(n1)SC(=NC1CCCCC1)N/C2=C\C(=O)N(C)C. The van der Waals surface area contributed by atoms with E-state index in [9.17, 15) is 4.79 Å². The fourth-order valence-electron chi connectivity index (χ4n) is 2.92. The van der Waals surface area contributed by atoms with Crippen molar-refractivity contribution in [3.05, 3.63) is 29.5 Å². The third-order valence-electron chi connectivity index (χ3n) is 4.31. The number of pyridine rings is 1. The molecule has 2 heterocycles. The molecule has 0 aromatic carbocycles. The standard InChI is InChI=1S/C18H24N4OS/c1-12-9-10-14-15(11-16(23)22(2)3)21-18(24-17(14)19-12)20-13-7-5-4-6-8-13/h9-11,13H,4-8H2,1-3H3,(H,20,21)/b15-11-. The molecule has 0 spiro atoms. The molecule has 0 bridgehead atoms. The van der Waals surface area contributed by atoms with Crippen molar-refractivity contribution in [2.75, 3.05) is 14.1 Å². The summed E-state index contributed by atoms with van der Waals surface area (Å²) < 4.78 is 0. The minimum Gasteiger partial charge on any atom is -0.345 e. The van der Waals surface area contributed by atoms with Crippen molar-refractivity contribution in [2.45, 2.75) is 50.1 Å². The van der Waals surface area contributed by atoms with Gasteiger partial charge >= 0.3 is 0 Å². The Kier molecular flexibility index (Phi) is 5.23. The molecule has 1 aliphatic heterocycles. The van der Waals surface area contributed by atoms with Crippen LogP contribution in [0.3, 0.4) is 0 Å². The molecule has 3 rings (SSSR count). The summed E-state index contributed by atoms with van der Waals surface area (Å²) in [6.07, 6.45) is 7.74. The molecular weight excluding hydrogens is 320 g/mol. The second-order valence-electron chi connectivity index (χ2n) is 6.55. The maximum absolute atomic E-state index is 12.1. The van der Waals surface area contributed by atoms with Crippen molar-refractivity contribution in [1.29, 1.82) is 0 Å². The second-order valence-corrected chi connectivity index (χ2v) is 7.53. The number of aromatic nitrogens is 1. The average Bonchev–Trinajstić information content (AvgIpc) is 2.55.